The van der Waals surface area contributed by atoms with Crippen LogP contribution in [0.5, 0.6) is 11.5 Å². The van der Waals surface area contributed by atoms with Gasteiger partial charge in [0.05, 0.1) is 27.7 Å². The normalized spacial score (nSPS) is 13.1. The van der Waals surface area contributed by atoms with Crippen molar-refractivity contribution in [3.63, 3.8) is 0 Å². The first-order valence-corrected chi connectivity index (χ1v) is 18.3. The highest BCUT2D eigenvalue weighted by Gasteiger charge is 2.24. The molecule has 0 spiro atoms. The molecule has 0 saturated carbocycles. The van der Waals surface area contributed by atoms with E-state index in [2.05, 4.69) is 60.4 Å². The van der Waals surface area contributed by atoms with Crippen LogP contribution in [0.3, 0.4) is 0 Å². The number of nitrogens with zero attached hydrogens (tertiary/aromatic N) is 5. The standard InChI is InChI=1S/C43H49N7O6/c1-42(2,3)40-24-34(16-23-41(40)49-48-32-12-10-31(11-13-32)46-47-33-14-17-35(18-15-33)50(53)54)45-26-37(52)28-56-39-21-8-30(9-22-39)43(4,5)29-6-19-38(20-7-29)55-27-36(51)25-44/h6-24,36-37,45,51-52H,25-28,44H2,1-5H3/b47-46+,49-48?. The number of azo groups is 2. The fourth-order valence-corrected chi connectivity index (χ4v) is 5.64. The zero-order valence-corrected chi connectivity index (χ0v) is 32.3. The van der Waals surface area contributed by atoms with Gasteiger partial charge in [-0.15, -0.1) is 0 Å². The molecule has 0 aliphatic rings. The number of ether oxygens (including phenoxy) is 2. The molecule has 0 aromatic heterocycles. The monoisotopic (exact) mass is 759 g/mol. The minimum Gasteiger partial charge on any atom is -0.491 e. The molecule has 0 heterocycles. The Balaban J connectivity index is 1.12. The SMILES string of the molecule is CC(C)(C)c1cc(NCC(O)COc2ccc(C(C)(C)c3ccc(OCC(O)CN)cc3)cc2)ccc1N=Nc1ccc(/N=N/c2ccc([N+](=O)[O-])cc2)cc1. The van der Waals surface area contributed by atoms with E-state index in [1.165, 1.54) is 24.3 Å². The molecule has 0 aliphatic heterocycles. The van der Waals surface area contributed by atoms with Crippen molar-refractivity contribution in [2.24, 2.45) is 26.2 Å². The van der Waals surface area contributed by atoms with Crippen molar-refractivity contribution in [1.29, 1.82) is 0 Å². The van der Waals surface area contributed by atoms with Gasteiger partial charge < -0.3 is 30.7 Å². The summed E-state index contributed by atoms with van der Waals surface area (Å²) < 4.78 is 11.5. The minimum absolute atomic E-state index is 0.00593. The Bertz CT molecular complexity index is 2100. The number of rotatable bonds is 17. The van der Waals surface area contributed by atoms with Gasteiger partial charge in [0.15, 0.2) is 0 Å². The van der Waals surface area contributed by atoms with E-state index < -0.39 is 17.1 Å². The molecular formula is C43H49N7O6. The van der Waals surface area contributed by atoms with Crippen molar-refractivity contribution < 1.29 is 24.6 Å². The third-order valence-corrected chi connectivity index (χ3v) is 9.12. The van der Waals surface area contributed by atoms with Gasteiger partial charge in [0.2, 0.25) is 0 Å². The van der Waals surface area contributed by atoms with Crippen molar-refractivity contribution in [2.45, 2.75) is 57.7 Å². The van der Waals surface area contributed by atoms with E-state index in [9.17, 15) is 20.3 Å². The molecule has 0 radical (unpaired) electrons. The van der Waals surface area contributed by atoms with Crippen LogP contribution in [0.25, 0.3) is 0 Å². The average Bonchev–Trinajstić information content (AvgIpc) is 3.20. The van der Waals surface area contributed by atoms with Crippen LogP contribution >= 0.6 is 0 Å². The molecule has 13 nitrogen and oxygen atoms in total. The summed E-state index contributed by atoms with van der Waals surface area (Å²) in [4.78, 5) is 10.4. The second-order valence-electron chi connectivity index (χ2n) is 14.9. The Morgan fingerprint density at radius 1 is 0.679 bits per heavy atom. The summed E-state index contributed by atoms with van der Waals surface area (Å²) in [7, 11) is 0. The van der Waals surface area contributed by atoms with Crippen LogP contribution in [0.1, 0.15) is 51.3 Å². The van der Waals surface area contributed by atoms with E-state index in [0.29, 0.717) is 28.6 Å². The third kappa shape index (κ3) is 11.5. The molecule has 5 rings (SSSR count). The number of non-ortho nitro benzene ring substituents is 1. The lowest BCUT2D eigenvalue weighted by Crippen LogP contribution is -2.26. The molecule has 0 aliphatic carbocycles. The summed E-state index contributed by atoms with van der Waals surface area (Å²) in [5.41, 5.74) is 11.5. The average molecular weight is 760 g/mol. The number of nitrogens with two attached hydrogens (primary N) is 1. The maximum atomic E-state index is 10.8. The van der Waals surface area contributed by atoms with E-state index in [-0.39, 0.29) is 42.8 Å². The minimum atomic E-state index is -0.757. The fraction of sp³-hybridized carbons (Fsp3) is 0.302. The summed E-state index contributed by atoms with van der Waals surface area (Å²) in [5, 5.41) is 51.9. The lowest BCUT2D eigenvalue weighted by atomic mass is 9.78. The van der Waals surface area contributed by atoms with E-state index in [1.54, 1.807) is 24.3 Å². The molecule has 2 atom stereocenters. The first-order chi connectivity index (χ1) is 26.7. The number of nitro groups is 1. The van der Waals surface area contributed by atoms with Gasteiger partial charge in [-0.2, -0.15) is 20.5 Å². The molecule has 13 heteroatoms. The van der Waals surface area contributed by atoms with Crippen LogP contribution in [0.2, 0.25) is 0 Å². The second kappa shape index (κ2) is 18.5. The van der Waals surface area contributed by atoms with Crippen molar-refractivity contribution in [3.8, 4) is 11.5 Å². The Kier molecular flexibility index (Phi) is 13.6. The van der Waals surface area contributed by atoms with Crippen LogP contribution < -0.4 is 20.5 Å². The van der Waals surface area contributed by atoms with Gasteiger partial charge in [0.25, 0.3) is 5.69 Å². The van der Waals surface area contributed by atoms with Crippen LogP contribution in [0.4, 0.5) is 34.1 Å². The van der Waals surface area contributed by atoms with Crippen LogP contribution in [-0.2, 0) is 10.8 Å². The highest BCUT2D eigenvalue weighted by atomic mass is 16.6. The van der Waals surface area contributed by atoms with Gasteiger partial charge in [-0.05, 0) is 101 Å². The number of nitro benzene ring substituents is 1. The topological polar surface area (TPSA) is 190 Å². The predicted octanol–water partition coefficient (Wildman–Crippen LogP) is 9.60. The zero-order valence-electron chi connectivity index (χ0n) is 32.3. The van der Waals surface area contributed by atoms with Crippen LogP contribution in [0, 0.1) is 10.1 Å². The predicted molar refractivity (Wildman–Crippen MR) is 219 cm³/mol. The molecule has 292 valence electrons. The zero-order chi connectivity index (χ0) is 40.3. The number of nitrogens with one attached hydrogen (secondary N) is 1. The summed E-state index contributed by atoms with van der Waals surface area (Å²) in [6.07, 6.45) is -1.45. The molecule has 5 aromatic carbocycles. The molecule has 0 amide bonds. The quantitative estimate of drug-likeness (QED) is 0.0409. The van der Waals surface area contributed by atoms with Crippen LogP contribution in [-0.4, -0.2) is 53.6 Å². The van der Waals surface area contributed by atoms with E-state index in [0.717, 1.165) is 28.1 Å². The highest BCUT2D eigenvalue weighted by molar-refractivity contribution is 5.59. The fourth-order valence-electron chi connectivity index (χ4n) is 5.64. The van der Waals surface area contributed by atoms with Crippen molar-refractivity contribution >= 4 is 34.1 Å². The Morgan fingerprint density at radius 3 is 1.61 bits per heavy atom. The molecule has 5 N–H and O–H groups in total. The summed E-state index contributed by atoms with van der Waals surface area (Å²) in [6, 6.07) is 34.5. The molecule has 0 bridgehead atoms. The molecule has 0 fully saturated rings. The van der Waals surface area contributed by atoms with Gasteiger partial charge >= 0.3 is 0 Å². The maximum absolute atomic E-state index is 10.8. The Hall–Kier alpha value is -6.02. The van der Waals surface area contributed by atoms with E-state index >= 15 is 0 Å². The van der Waals surface area contributed by atoms with Gasteiger partial charge in [-0.25, -0.2) is 0 Å². The molecule has 2 unspecified atom stereocenters. The van der Waals surface area contributed by atoms with Crippen LogP contribution in [0.15, 0.2) is 136 Å². The summed E-state index contributed by atoms with van der Waals surface area (Å²) >= 11 is 0. The first kappa shape index (κ1) is 41.1. The lowest BCUT2D eigenvalue weighted by Gasteiger charge is -2.26. The third-order valence-electron chi connectivity index (χ3n) is 9.12. The second-order valence-corrected chi connectivity index (χ2v) is 14.9. The summed E-state index contributed by atoms with van der Waals surface area (Å²) in [5.74, 6) is 1.34. The Morgan fingerprint density at radius 2 is 1.14 bits per heavy atom. The summed E-state index contributed by atoms with van der Waals surface area (Å²) in [6.45, 7) is 11.3. The number of benzene rings is 5. The molecule has 56 heavy (non-hydrogen) atoms. The molecule has 0 saturated heterocycles. The first-order valence-electron chi connectivity index (χ1n) is 18.3. The van der Waals surface area contributed by atoms with Crippen molar-refractivity contribution in [1.82, 2.24) is 0 Å². The van der Waals surface area contributed by atoms with Crippen molar-refractivity contribution in [2.75, 3.05) is 31.6 Å². The number of anilines is 1. The van der Waals surface area contributed by atoms with Crippen molar-refractivity contribution in [3.05, 3.63) is 142 Å². The smallest absolute Gasteiger partial charge is 0.269 e. The highest BCUT2D eigenvalue weighted by Crippen LogP contribution is 2.36. The van der Waals surface area contributed by atoms with Gasteiger partial charge in [-0.3, -0.25) is 10.1 Å². The number of aliphatic hydroxyl groups is 2. The number of hydrogen-bond donors (Lipinski definition) is 4. The number of aliphatic hydroxyl groups excluding tert-OH is 2. The maximum Gasteiger partial charge on any atom is 0.269 e. The van der Waals surface area contributed by atoms with E-state index in [4.69, 9.17) is 15.2 Å². The number of hydrogen-bond acceptors (Lipinski definition) is 12. The van der Waals surface area contributed by atoms with Gasteiger partial charge in [0.1, 0.15) is 36.9 Å². The largest absolute Gasteiger partial charge is 0.491 e. The van der Waals surface area contributed by atoms with E-state index in [1.807, 2.05) is 66.7 Å². The Labute approximate surface area is 327 Å². The lowest BCUT2D eigenvalue weighted by molar-refractivity contribution is -0.384. The van der Waals surface area contributed by atoms with Gasteiger partial charge in [0, 0.05) is 36.3 Å². The molecule has 5 aromatic rings. The molecular weight excluding hydrogens is 711 g/mol. The van der Waals surface area contributed by atoms with Gasteiger partial charge in [-0.1, -0.05) is 58.9 Å².